The molecular formula is C12H15ClFNO. The van der Waals surface area contributed by atoms with Crippen LogP contribution in [0.5, 0.6) is 0 Å². The van der Waals surface area contributed by atoms with E-state index in [-0.39, 0.29) is 11.9 Å². The number of hydrogen-bond acceptors (Lipinski definition) is 2. The van der Waals surface area contributed by atoms with Crippen LogP contribution in [0.2, 0.25) is 5.02 Å². The van der Waals surface area contributed by atoms with Crippen molar-refractivity contribution in [2.45, 2.75) is 25.6 Å². The highest BCUT2D eigenvalue weighted by Gasteiger charge is 2.13. The molecule has 2 rings (SSSR count). The van der Waals surface area contributed by atoms with Crippen LogP contribution >= 0.6 is 11.6 Å². The topological polar surface area (TPSA) is 21.3 Å². The fourth-order valence-corrected chi connectivity index (χ4v) is 2.00. The summed E-state index contributed by atoms with van der Waals surface area (Å²) in [7, 11) is 0. The highest BCUT2D eigenvalue weighted by atomic mass is 35.5. The fraction of sp³-hybridized carbons (Fsp3) is 0.500. The maximum absolute atomic E-state index is 13.0. The van der Waals surface area contributed by atoms with Crippen molar-refractivity contribution < 1.29 is 9.13 Å². The van der Waals surface area contributed by atoms with E-state index < -0.39 is 0 Å². The fourth-order valence-electron chi connectivity index (χ4n) is 1.82. The second kappa shape index (κ2) is 5.62. The zero-order chi connectivity index (χ0) is 11.4. The second-order valence-electron chi connectivity index (χ2n) is 4.02. The lowest BCUT2D eigenvalue weighted by Crippen LogP contribution is -2.35. The van der Waals surface area contributed by atoms with Crippen LogP contribution in [0.15, 0.2) is 18.2 Å². The molecule has 1 aromatic carbocycles. The summed E-state index contributed by atoms with van der Waals surface area (Å²) >= 11 is 5.95. The van der Waals surface area contributed by atoms with E-state index in [4.69, 9.17) is 16.3 Å². The van der Waals surface area contributed by atoms with Crippen LogP contribution in [-0.2, 0) is 11.3 Å². The third kappa shape index (κ3) is 3.17. The first-order valence-electron chi connectivity index (χ1n) is 5.52. The molecule has 2 nitrogen and oxygen atoms in total. The molecule has 0 unspecified atom stereocenters. The summed E-state index contributed by atoms with van der Waals surface area (Å²) in [4.78, 5) is 0. The average molecular weight is 244 g/mol. The molecular weight excluding hydrogens is 229 g/mol. The molecule has 1 heterocycles. The van der Waals surface area contributed by atoms with E-state index in [1.54, 1.807) is 6.07 Å². The lowest BCUT2D eigenvalue weighted by molar-refractivity contribution is 0.0252. The molecule has 1 N–H and O–H groups in total. The maximum atomic E-state index is 13.0. The number of hydrogen-bond donors (Lipinski definition) is 1. The van der Waals surface area contributed by atoms with E-state index in [0.717, 1.165) is 25.9 Å². The smallest absolute Gasteiger partial charge is 0.123 e. The molecule has 0 radical (unpaired) electrons. The summed E-state index contributed by atoms with van der Waals surface area (Å²) in [5, 5.41) is 3.83. The van der Waals surface area contributed by atoms with Crippen LogP contribution < -0.4 is 5.32 Å². The van der Waals surface area contributed by atoms with Crippen molar-refractivity contribution in [3.8, 4) is 0 Å². The van der Waals surface area contributed by atoms with E-state index in [2.05, 4.69) is 5.32 Å². The predicted octanol–water partition coefficient (Wildman–Crippen LogP) is 2.75. The van der Waals surface area contributed by atoms with Gasteiger partial charge in [-0.05, 0) is 43.1 Å². The van der Waals surface area contributed by atoms with Crippen LogP contribution in [0, 0.1) is 5.82 Å². The van der Waals surface area contributed by atoms with E-state index in [1.807, 2.05) is 0 Å². The number of benzene rings is 1. The summed E-state index contributed by atoms with van der Waals surface area (Å²) in [6.45, 7) is 2.30. The Morgan fingerprint density at radius 2 is 2.38 bits per heavy atom. The molecule has 88 valence electrons. The molecule has 1 atom stereocenters. The normalized spacial score (nSPS) is 21.0. The molecule has 1 aliphatic heterocycles. The molecule has 1 saturated heterocycles. The molecule has 1 aliphatic rings. The van der Waals surface area contributed by atoms with Gasteiger partial charge in [0.2, 0.25) is 0 Å². The third-order valence-corrected chi connectivity index (χ3v) is 3.10. The highest BCUT2D eigenvalue weighted by Crippen LogP contribution is 2.19. The minimum Gasteiger partial charge on any atom is -0.372 e. The number of rotatable bonds is 3. The van der Waals surface area contributed by atoms with Crippen LogP contribution in [0.1, 0.15) is 18.4 Å². The molecule has 4 heteroatoms. The average Bonchev–Trinajstić information content (AvgIpc) is 2.32. The molecule has 1 aromatic rings. The van der Waals surface area contributed by atoms with Gasteiger partial charge >= 0.3 is 0 Å². The molecule has 16 heavy (non-hydrogen) atoms. The van der Waals surface area contributed by atoms with E-state index in [1.165, 1.54) is 12.1 Å². The first-order chi connectivity index (χ1) is 7.75. The summed E-state index contributed by atoms with van der Waals surface area (Å²) < 4.78 is 18.7. The van der Waals surface area contributed by atoms with E-state index in [0.29, 0.717) is 17.2 Å². The van der Waals surface area contributed by atoms with Gasteiger partial charge in [-0.25, -0.2) is 4.39 Å². The monoisotopic (exact) mass is 243 g/mol. The molecule has 0 spiro atoms. The van der Waals surface area contributed by atoms with Gasteiger partial charge in [-0.15, -0.1) is 0 Å². The third-order valence-electron chi connectivity index (χ3n) is 2.73. The molecule has 0 bridgehead atoms. The number of ether oxygens (including phenoxy) is 1. The zero-order valence-electron chi connectivity index (χ0n) is 9.01. The molecule has 0 aromatic heterocycles. The first-order valence-corrected chi connectivity index (χ1v) is 5.90. The summed E-state index contributed by atoms with van der Waals surface area (Å²) in [5.41, 5.74) is 0.715. The predicted molar refractivity (Wildman–Crippen MR) is 62.1 cm³/mol. The van der Waals surface area contributed by atoms with Crippen LogP contribution in [0.4, 0.5) is 4.39 Å². The minimum atomic E-state index is -0.273. The van der Waals surface area contributed by atoms with Gasteiger partial charge < -0.3 is 10.1 Å². The van der Waals surface area contributed by atoms with E-state index in [9.17, 15) is 4.39 Å². The highest BCUT2D eigenvalue weighted by molar-refractivity contribution is 6.31. The number of piperidine rings is 1. The zero-order valence-corrected chi connectivity index (χ0v) is 9.77. The van der Waals surface area contributed by atoms with Crippen LogP contribution in [0.3, 0.4) is 0 Å². The lowest BCUT2D eigenvalue weighted by atomic mass is 10.1. The Kier molecular flexibility index (Phi) is 4.16. The van der Waals surface area contributed by atoms with Crippen molar-refractivity contribution in [2.24, 2.45) is 0 Å². The Labute approximate surface area is 99.7 Å². The molecule has 0 aliphatic carbocycles. The standard InChI is InChI=1S/C12H15ClFNO/c13-12-4-3-10(14)6-9(12)8-16-11-2-1-5-15-7-11/h3-4,6,11,15H,1-2,5,7-8H2/t11-/m0/s1. The Balaban J connectivity index is 1.90. The van der Waals surface area contributed by atoms with Crippen LogP contribution in [0.25, 0.3) is 0 Å². The first kappa shape index (κ1) is 11.8. The Morgan fingerprint density at radius 1 is 1.50 bits per heavy atom. The minimum absolute atomic E-state index is 0.216. The number of nitrogens with one attached hydrogen (secondary N) is 1. The molecule has 0 amide bonds. The second-order valence-corrected chi connectivity index (χ2v) is 4.42. The van der Waals surface area contributed by atoms with Gasteiger partial charge in [0.15, 0.2) is 0 Å². The van der Waals surface area contributed by atoms with Crippen molar-refractivity contribution >= 4 is 11.6 Å². The van der Waals surface area contributed by atoms with Gasteiger partial charge in [0.05, 0.1) is 12.7 Å². The van der Waals surface area contributed by atoms with Gasteiger partial charge in [-0.2, -0.15) is 0 Å². The lowest BCUT2D eigenvalue weighted by Gasteiger charge is -2.23. The van der Waals surface area contributed by atoms with Crippen LogP contribution in [-0.4, -0.2) is 19.2 Å². The van der Waals surface area contributed by atoms with Gasteiger partial charge in [0.25, 0.3) is 0 Å². The van der Waals surface area contributed by atoms with Crippen molar-refractivity contribution in [2.75, 3.05) is 13.1 Å². The quantitative estimate of drug-likeness (QED) is 0.882. The molecule has 0 saturated carbocycles. The van der Waals surface area contributed by atoms with Gasteiger partial charge in [-0.1, -0.05) is 11.6 Å². The van der Waals surface area contributed by atoms with Crippen molar-refractivity contribution in [3.63, 3.8) is 0 Å². The van der Waals surface area contributed by atoms with Gasteiger partial charge in [0, 0.05) is 11.6 Å². The summed E-state index contributed by atoms with van der Waals surface area (Å²) in [5.74, 6) is -0.273. The van der Waals surface area contributed by atoms with E-state index >= 15 is 0 Å². The Bertz CT molecular complexity index is 353. The van der Waals surface area contributed by atoms with Gasteiger partial charge in [-0.3, -0.25) is 0 Å². The summed E-state index contributed by atoms with van der Waals surface area (Å²) in [6, 6.07) is 4.35. The van der Waals surface area contributed by atoms with Crippen molar-refractivity contribution in [3.05, 3.63) is 34.6 Å². The Hall–Kier alpha value is -0.640. The van der Waals surface area contributed by atoms with Crippen molar-refractivity contribution in [1.82, 2.24) is 5.32 Å². The largest absolute Gasteiger partial charge is 0.372 e. The number of halogens is 2. The SMILES string of the molecule is Fc1ccc(Cl)c(CO[C@H]2CCCNC2)c1. The van der Waals surface area contributed by atoms with Gasteiger partial charge in [0.1, 0.15) is 5.82 Å². The summed E-state index contributed by atoms with van der Waals surface area (Å²) in [6.07, 6.45) is 2.40. The van der Waals surface area contributed by atoms with Crippen molar-refractivity contribution in [1.29, 1.82) is 0 Å². The Morgan fingerprint density at radius 3 is 3.12 bits per heavy atom. The molecule has 1 fully saturated rings. The maximum Gasteiger partial charge on any atom is 0.123 e.